The molecule has 0 saturated carbocycles. The van der Waals surface area contributed by atoms with E-state index >= 15 is 0 Å². The molecule has 0 saturated heterocycles. The molecule has 0 rings (SSSR count). The highest BCUT2D eigenvalue weighted by Gasteiger charge is 2.09. The highest BCUT2D eigenvalue weighted by Crippen LogP contribution is 2.13. The lowest BCUT2D eigenvalue weighted by Crippen LogP contribution is -2.28. The summed E-state index contributed by atoms with van der Waals surface area (Å²) in [6, 6.07) is 0.500. The third kappa shape index (κ3) is 2.53. The summed E-state index contributed by atoms with van der Waals surface area (Å²) < 4.78 is 0. The van der Waals surface area contributed by atoms with E-state index < -0.39 is 0 Å². The standard InChI is InChI=1S/C9H19N/c1-6-9(10-5)8(4)7(2)3/h7,9-10H,4,6H2,1-3,5H3. The molecule has 0 bridgehead atoms. The van der Waals surface area contributed by atoms with Crippen LogP contribution in [0.3, 0.4) is 0 Å². The SMILES string of the molecule is C=C(C(C)C)C(CC)NC. The largest absolute Gasteiger partial charge is 0.313 e. The normalized spacial score (nSPS) is 13.7. The number of likely N-dealkylation sites (N-methyl/N-ethyl adjacent to an activating group) is 1. The van der Waals surface area contributed by atoms with Crippen LogP contribution >= 0.6 is 0 Å². The van der Waals surface area contributed by atoms with Gasteiger partial charge in [-0.25, -0.2) is 0 Å². The van der Waals surface area contributed by atoms with E-state index in [-0.39, 0.29) is 0 Å². The predicted molar refractivity (Wildman–Crippen MR) is 47.1 cm³/mol. The van der Waals surface area contributed by atoms with E-state index in [1.165, 1.54) is 5.57 Å². The fraction of sp³-hybridized carbons (Fsp3) is 0.778. The maximum atomic E-state index is 4.03. The van der Waals surface area contributed by atoms with Gasteiger partial charge in [-0.05, 0) is 19.4 Å². The minimum Gasteiger partial charge on any atom is -0.313 e. The van der Waals surface area contributed by atoms with E-state index in [2.05, 4.69) is 32.7 Å². The monoisotopic (exact) mass is 141 g/mol. The van der Waals surface area contributed by atoms with E-state index in [9.17, 15) is 0 Å². The van der Waals surface area contributed by atoms with Gasteiger partial charge in [0.15, 0.2) is 0 Å². The lowest BCUT2D eigenvalue weighted by molar-refractivity contribution is 0.556. The Labute approximate surface area is 64.5 Å². The van der Waals surface area contributed by atoms with Crippen LogP contribution in [0.1, 0.15) is 27.2 Å². The second-order valence-electron chi connectivity index (χ2n) is 2.98. The molecule has 0 aliphatic rings. The zero-order chi connectivity index (χ0) is 8.15. The van der Waals surface area contributed by atoms with Crippen molar-refractivity contribution in [2.75, 3.05) is 7.05 Å². The topological polar surface area (TPSA) is 12.0 Å². The van der Waals surface area contributed by atoms with Gasteiger partial charge in [0.25, 0.3) is 0 Å². The number of nitrogens with one attached hydrogen (secondary N) is 1. The zero-order valence-corrected chi connectivity index (χ0v) is 7.57. The summed E-state index contributed by atoms with van der Waals surface area (Å²) in [7, 11) is 1.99. The van der Waals surface area contributed by atoms with Gasteiger partial charge in [-0.2, -0.15) is 0 Å². The average Bonchev–Trinajstić information content (AvgIpc) is 1.90. The van der Waals surface area contributed by atoms with Crippen LogP contribution in [0.2, 0.25) is 0 Å². The summed E-state index contributed by atoms with van der Waals surface area (Å²) in [6.45, 7) is 10.6. The smallest absolute Gasteiger partial charge is 0.0273 e. The van der Waals surface area contributed by atoms with Gasteiger partial charge in [0, 0.05) is 6.04 Å². The molecule has 1 atom stereocenters. The molecular formula is C9H19N. The Morgan fingerprint density at radius 3 is 2.10 bits per heavy atom. The number of hydrogen-bond donors (Lipinski definition) is 1. The van der Waals surface area contributed by atoms with Gasteiger partial charge in [-0.3, -0.25) is 0 Å². The number of hydrogen-bond acceptors (Lipinski definition) is 1. The van der Waals surface area contributed by atoms with Crippen LogP contribution in [-0.2, 0) is 0 Å². The molecule has 0 fully saturated rings. The summed E-state index contributed by atoms with van der Waals surface area (Å²) in [4.78, 5) is 0. The Balaban J connectivity index is 3.89. The van der Waals surface area contributed by atoms with Gasteiger partial charge in [-0.1, -0.05) is 32.9 Å². The summed E-state index contributed by atoms with van der Waals surface area (Å²) in [5.74, 6) is 0.595. The van der Waals surface area contributed by atoms with E-state index in [1.54, 1.807) is 0 Å². The molecule has 10 heavy (non-hydrogen) atoms. The maximum absolute atomic E-state index is 4.03. The highest BCUT2D eigenvalue weighted by molar-refractivity contribution is 5.07. The van der Waals surface area contributed by atoms with Gasteiger partial charge in [0.1, 0.15) is 0 Å². The molecule has 0 amide bonds. The molecular weight excluding hydrogens is 122 g/mol. The van der Waals surface area contributed by atoms with Crippen LogP contribution in [0.5, 0.6) is 0 Å². The molecule has 0 spiro atoms. The first-order valence-electron chi connectivity index (χ1n) is 3.99. The van der Waals surface area contributed by atoms with E-state index in [0.717, 1.165) is 6.42 Å². The molecule has 0 aromatic heterocycles. The molecule has 0 aliphatic carbocycles. The minimum atomic E-state index is 0.500. The lowest BCUT2D eigenvalue weighted by Gasteiger charge is -2.19. The van der Waals surface area contributed by atoms with Crippen LogP contribution in [0, 0.1) is 5.92 Å². The van der Waals surface area contributed by atoms with Crippen LogP contribution in [0.4, 0.5) is 0 Å². The summed E-state index contributed by atoms with van der Waals surface area (Å²) in [5, 5.41) is 3.23. The molecule has 0 aromatic rings. The molecule has 60 valence electrons. The Kier molecular flexibility index (Phi) is 4.37. The van der Waals surface area contributed by atoms with Crippen molar-refractivity contribution in [3.63, 3.8) is 0 Å². The molecule has 1 unspecified atom stereocenters. The van der Waals surface area contributed by atoms with Crippen molar-refractivity contribution in [3.8, 4) is 0 Å². The van der Waals surface area contributed by atoms with Crippen molar-refractivity contribution in [2.24, 2.45) is 5.92 Å². The Bertz CT molecular complexity index is 101. The minimum absolute atomic E-state index is 0.500. The van der Waals surface area contributed by atoms with Crippen LogP contribution < -0.4 is 5.32 Å². The van der Waals surface area contributed by atoms with E-state index in [1.807, 2.05) is 7.05 Å². The predicted octanol–water partition coefficient (Wildman–Crippen LogP) is 2.20. The van der Waals surface area contributed by atoms with Crippen molar-refractivity contribution in [1.29, 1.82) is 0 Å². The Morgan fingerprint density at radius 2 is 2.00 bits per heavy atom. The van der Waals surface area contributed by atoms with Crippen molar-refractivity contribution < 1.29 is 0 Å². The summed E-state index contributed by atoms with van der Waals surface area (Å²) >= 11 is 0. The van der Waals surface area contributed by atoms with E-state index in [0.29, 0.717) is 12.0 Å². The van der Waals surface area contributed by atoms with E-state index in [4.69, 9.17) is 0 Å². The zero-order valence-electron chi connectivity index (χ0n) is 7.57. The van der Waals surface area contributed by atoms with Crippen LogP contribution in [0.15, 0.2) is 12.2 Å². The number of rotatable bonds is 4. The lowest BCUT2D eigenvalue weighted by atomic mass is 9.96. The summed E-state index contributed by atoms with van der Waals surface area (Å²) in [5.41, 5.74) is 1.31. The fourth-order valence-electron chi connectivity index (χ4n) is 1.05. The first kappa shape index (κ1) is 9.70. The van der Waals surface area contributed by atoms with Crippen molar-refractivity contribution >= 4 is 0 Å². The second kappa shape index (κ2) is 4.51. The third-order valence-electron chi connectivity index (χ3n) is 1.95. The molecule has 1 heteroatoms. The van der Waals surface area contributed by atoms with Gasteiger partial charge < -0.3 is 5.32 Å². The Morgan fingerprint density at radius 1 is 1.50 bits per heavy atom. The molecule has 1 N–H and O–H groups in total. The summed E-state index contributed by atoms with van der Waals surface area (Å²) in [6.07, 6.45) is 1.13. The van der Waals surface area contributed by atoms with Crippen LogP contribution in [-0.4, -0.2) is 13.1 Å². The van der Waals surface area contributed by atoms with Gasteiger partial charge in [0.2, 0.25) is 0 Å². The maximum Gasteiger partial charge on any atom is 0.0273 e. The Hall–Kier alpha value is -0.300. The van der Waals surface area contributed by atoms with Crippen LogP contribution in [0.25, 0.3) is 0 Å². The van der Waals surface area contributed by atoms with Gasteiger partial charge >= 0.3 is 0 Å². The first-order valence-corrected chi connectivity index (χ1v) is 3.99. The quantitative estimate of drug-likeness (QED) is 0.592. The average molecular weight is 141 g/mol. The fourth-order valence-corrected chi connectivity index (χ4v) is 1.05. The molecule has 0 aromatic carbocycles. The molecule has 0 aliphatic heterocycles. The highest BCUT2D eigenvalue weighted by atomic mass is 14.9. The molecule has 1 nitrogen and oxygen atoms in total. The van der Waals surface area contributed by atoms with Crippen molar-refractivity contribution in [1.82, 2.24) is 5.32 Å². The second-order valence-corrected chi connectivity index (χ2v) is 2.98. The van der Waals surface area contributed by atoms with Crippen molar-refractivity contribution in [3.05, 3.63) is 12.2 Å². The van der Waals surface area contributed by atoms with Gasteiger partial charge in [0.05, 0.1) is 0 Å². The third-order valence-corrected chi connectivity index (χ3v) is 1.95. The van der Waals surface area contributed by atoms with Crippen molar-refractivity contribution in [2.45, 2.75) is 33.2 Å². The molecule has 0 radical (unpaired) electrons. The first-order chi connectivity index (χ1) is 4.63. The molecule has 0 heterocycles. The van der Waals surface area contributed by atoms with Gasteiger partial charge in [-0.15, -0.1) is 0 Å².